The van der Waals surface area contributed by atoms with Crippen LogP contribution in [-0.4, -0.2) is 15.2 Å². The summed E-state index contributed by atoms with van der Waals surface area (Å²) in [7, 11) is 0. The zero-order valence-corrected chi connectivity index (χ0v) is 15.2. The minimum atomic E-state index is -0.446. The smallest absolute Gasteiger partial charge is 0.292 e. The standard InChI is InChI=1S/C19H18ClFN4O/c1-3-11-5-10(6-15-18(11)24-19(22)26-15)4-9(2)16-12-8-23-25-14(12)7-13(21)17(16)20/h5-9H,3-4H2,1-2H3,(H2,22,24)(H,23,25). The summed E-state index contributed by atoms with van der Waals surface area (Å²) < 4.78 is 19.7. The number of fused-ring (bicyclic) bond motifs is 2. The Morgan fingerprint density at radius 3 is 2.92 bits per heavy atom. The van der Waals surface area contributed by atoms with Crippen molar-refractivity contribution < 1.29 is 8.81 Å². The molecule has 0 saturated heterocycles. The van der Waals surface area contributed by atoms with Crippen molar-refractivity contribution in [2.45, 2.75) is 32.6 Å². The summed E-state index contributed by atoms with van der Waals surface area (Å²) in [6.45, 7) is 4.09. The highest BCUT2D eigenvalue weighted by molar-refractivity contribution is 6.32. The van der Waals surface area contributed by atoms with Crippen LogP contribution in [0.15, 0.2) is 28.8 Å². The maximum absolute atomic E-state index is 14.2. The topological polar surface area (TPSA) is 80.7 Å². The molecule has 4 rings (SSSR count). The van der Waals surface area contributed by atoms with Crippen LogP contribution in [0.3, 0.4) is 0 Å². The molecule has 0 radical (unpaired) electrons. The van der Waals surface area contributed by atoms with Crippen molar-refractivity contribution in [3.05, 3.63) is 51.9 Å². The van der Waals surface area contributed by atoms with Gasteiger partial charge in [0.1, 0.15) is 11.3 Å². The average Bonchev–Trinajstić information content (AvgIpc) is 3.20. The van der Waals surface area contributed by atoms with Gasteiger partial charge in [0.15, 0.2) is 5.58 Å². The number of benzene rings is 2. The molecule has 0 bridgehead atoms. The number of nitrogens with one attached hydrogen (secondary N) is 1. The van der Waals surface area contributed by atoms with Crippen LogP contribution < -0.4 is 5.73 Å². The number of hydrogen-bond acceptors (Lipinski definition) is 4. The summed E-state index contributed by atoms with van der Waals surface area (Å²) in [5, 5.41) is 7.81. The van der Waals surface area contributed by atoms with Crippen LogP contribution in [0.2, 0.25) is 5.02 Å². The third-order valence-electron chi connectivity index (χ3n) is 4.74. The molecule has 5 nitrogen and oxygen atoms in total. The highest BCUT2D eigenvalue weighted by Gasteiger charge is 2.20. The second-order valence-electron chi connectivity index (χ2n) is 6.53. The third kappa shape index (κ3) is 2.70. The summed E-state index contributed by atoms with van der Waals surface area (Å²) in [4.78, 5) is 4.25. The minimum Gasteiger partial charge on any atom is -0.424 e. The molecule has 0 aliphatic rings. The second kappa shape index (κ2) is 6.29. The van der Waals surface area contributed by atoms with Gasteiger partial charge in [-0.25, -0.2) is 4.39 Å². The zero-order valence-electron chi connectivity index (χ0n) is 14.4. The molecule has 0 saturated carbocycles. The third-order valence-corrected chi connectivity index (χ3v) is 5.13. The van der Waals surface area contributed by atoms with Gasteiger partial charge in [0.05, 0.1) is 16.7 Å². The van der Waals surface area contributed by atoms with Crippen LogP contribution in [0.4, 0.5) is 10.4 Å². The number of anilines is 1. The van der Waals surface area contributed by atoms with Gasteiger partial charge in [0, 0.05) is 11.5 Å². The number of rotatable bonds is 4. The van der Waals surface area contributed by atoms with Crippen molar-refractivity contribution in [2.24, 2.45) is 0 Å². The Morgan fingerprint density at radius 2 is 2.15 bits per heavy atom. The molecule has 1 unspecified atom stereocenters. The van der Waals surface area contributed by atoms with E-state index >= 15 is 0 Å². The molecule has 7 heteroatoms. The van der Waals surface area contributed by atoms with E-state index in [4.69, 9.17) is 21.8 Å². The average molecular weight is 373 g/mol. The summed E-state index contributed by atoms with van der Waals surface area (Å²) >= 11 is 6.29. The Morgan fingerprint density at radius 1 is 1.35 bits per heavy atom. The summed E-state index contributed by atoms with van der Waals surface area (Å²) in [5.74, 6) is -0.460. The molecule has 3 N–H and O–H groups in total. The maximum Gasteiger partial charge on any atom is 0.292 e. The highest BCUT2D eigenvalue weighted by Crippen LogP contribution is 2.36. The zero-order chi connectivity index (χ0) is 18.4. The van der Waals surface area contributed by atoms with E-state index in [2.05, 4.69) is 28.2 Å². The van der Waals surface area contributed by atoms with Gasteiger partial charge in [-0.15, -0.1) is 0 Å². The van der Waals surface area contributed by atoms with E-state index in [0.29, 0.717) is 17.5 Å². The Bertz CT molecular complexity index is 1120. The quantitative estimate of drug-likeness (QED) is 0.529. The van der Waals surface area contributed by atoms with Crippen molar-refractivity contribution >= 4 is 39.6 Å². The van der Waals surface area contributed by atoms with Crippen molar-refractivity contribution in [3.8, 4) is 0 Å². The number of halogens is 2. The number of nitrogens with zero attached hydrogens (tertiary/aromatic N) is 2. The number of nitrogens with two attached hydrogens (primary N) is 1. The first-order valence-corrected chi connectivity index (χ1v) is 8.84. The Labute approximate surface area is 154 Å². The lowest BCUT2D eigenvalue weighted by Crippen LogP contribution is -2.02. The fourth-order valence-corrected chi connectivity index (χ4v) is 3.90. The van der Waals surface area contributed by atoms with Gasteiger partial charge in [0.2, 0.25) is 0 Å². The van der Waals surface area contributed by atoms with Gasteiger partial charge in [0.25, 0.3) is 6.01 Å². The van der Waals surface area contributed by atoms with E-state index in [9.17, 15) is 4.39 Å². The van der Waals surface area contributed by atoms with E-state index in [1.807, 2.05) is 13.0 Å². The lowest BCUT2D eigenvalue weighted by atomic mass is 9.90. The molecule has 0 amide bonds. The predicted octanol–water partition coefficient (Wildman–Crippen LogP) is 4.99. The molecule has 0 fully saturated rings. The number of aryl methyl sites for hydroxylation is 1. The number of oxazole rings is 1. The highest BCUT2D eigenvalue weighted by atomic mass is 35.5. The van der Waals surface area contributed by atoms with Gasteiger partial charge in [-0.05, 0) is 41.5 Å². The molecule has 26 heavy (non-hydrogen) atoms. The fraction of sp³-hybridized carbons (Fsp3) is 0.263. The first kappa shape index (κ1) is 16.8. The van der Waals surface area contributed by atoms with Gasteiger partial charge in [-0.2, -0.15) is 10.1 Å². The van der Waals surface area contributed by atoms with E-state index in [-0.39, 0.29) is 17.0 Å². The van der Waals surface area contributed by atoms with Crippen LogP contribution in [0.25, 0.3) is 22.0 Å². The van der Waals surface area contributed by atoms with E-state index in [0.717, 1.165) is 34.0 Å². The van der Waals surface area contributed by atoms with E-state index in [1.165, 1.54) is 6.07 Å². The number of nitrogen functional groups attached to an aromatic ring is 1. The fourth-order valence-electron chi connectivity index (χ4n) is 3.56. The van der Waals surface area contributed by atoms with Crippen molar-refractivity contribution in [2.75, 3.05) is 5.73 Å². The van der Waals surface area contributed by atoms with Crippen molar-refractivity contribution in [1.82, 2.24) is 15.2 Å². The molecule has 134 valence electrons. The Balaban J connectivity index is 1.77. The summed E-state index contributed by atoms with van der Waals surface area (Å²) in [5.41, 5.74) is 10.7. The molecule has 4 aromatic rings. The van der Waals surface area contributed by atoms with Crippen LogP contribution in [0, 0.1) is 5.82 Å². The molecule has 2 aromatic heterocycles. The van der Waals surface area contributed by atoms with Crippen LogP contribution in [0.5, 0.6) is 0 Å². The lowest BCUT2D eigenvalue weighted by Gasteiger charge is -2.16. The Hall–Kier alpha value is -2.60. The van der Waals surface area contributed by atoms with Crippen LogP contribution in [-0.2, 0) is 12.8 Å². The van der Waals surface area contributed by atoms with Crippen molar-refractivity contribution in [3.63, 3.8) is 0 Å². The normalized spacial score (nSPS) is 12.9. The van der Waals surface area contributed by atoms with Gasteiger partial charge in [-0.3, -0.25) is 5.10 Å². The summed E-state index contributed by atoms with van der Waals surface area (Å²) in [6, 6.07) is 5.57. The molecule has 0 aliphatic heterocycles. The number of aromatic nitrogens is 3. The largest absolute Gasteiger partial charge is 0.424 e. The summed E-state index contributed by atoms with van der Waals surface area (Å²) in [6.07, 6.45) is 3.18. The molecule has 0 aliphatic carbocycles. The lowest BCUT2D eigenvalue weighted by molar-refractivity contribution is 0.622. The second-order valence-corrected chi connectivity index (χ2v) is 6.91. The first-order valence-electron chi connectivity index (χ1n) is 8.46. The minimum absolute atomic E-state index is 0.0132. The van der Waals surface area contributed by atoms with Gasteiger partial charge >= 0.3 is 0 Å². The maximum atomic E-state index is 14.2. The molecule has 1 atom stereocenters. The molecule has 0 spiro atoms. The molecule has 2 aromatic carbocycles. The van der Waals surface area contributed by atoms with Crippen LogP contribution in [0.1, 0.15) is 36.5 Å². The van der Waals surface area contributed by atoms with Crippen molar-refractivity contribution in [1.29, 1.82) is 0 Å². The Kier molecular flexibility index (Phi) is 4.07. The number of aromatic amines is 1. The van der Waals surface area contributed by atoms with Gasteiger partial charge < -0.3 is 10.2 Å². The van der Waals surface area contributed by atoms with E-state index in [1.54, 1.807) is 6.20 Å². The number of hydrogen-bond donors (Lipinski definition) is 2. The molecular weight excluding hydrogens is 355 g/mol. The predicted molar refractivity (Wildman–Crippen MR) is 101 cm³/mol. The SMILES string of the molecule is CCc1cc(CC(C)c2c(Cl)c(F)cc3[nH]ncc23)cc2oc(N)nc12. The monoisotopic (exact) mass is 372 g/mol. The molecule has 2 heterocycles. The van der Waals surface area contributed by atoms with Crippen LogP contribution >= 0.6 is 11.6 Å². The molecular formula is C19H18ClFN4O. The van der Waals surface area contributed by atoms with E-state index < -0.39 is 5.82 Å². The number of H-pyrrole nitrogens is 1. The first-order chi connectivity index (χ1) is 12.5. The van der Waals surface area contributed by atoms with Gasteiger partial charge in [-0.1, -0.05) is 31.5 Å².